The lowest BCUT2D eigenvalue weighted by atomic mass is 9.87. The van der Waals surface area contributed by atoms with Crippen LogP contribution in [-0.2, 0) is 5.41 Å². The summed E-state index contributed by atoms with van der Waals surface area (Å²) in [5.74, 6) is 0. The summed E-state index contributed by atoms with van der Waals surface area (Å²) in [4.78, 5) is 2.52. The van der Waals surface area contributed by atoms with E-state index in [-0.39, 0.29) is 5.41 Å². The second kappa shape index (κ2) is 9.81. The maximum atomic E-state index is 2.52. The molecule has 3 heterocycles. The van der Waals surface area contributed by atoms with Crippen LogP contribution in [0, 0.1) is 0 Å². The molecule has 9 aromatic rings. The van der Waals surface area contributed by atoms with Gasteiger partial charge >= 0.3 is 0 Å². The summed E-state index contributed by atoms with van der Waals surface area (Å²) in [5, 5.41) is 7.88. The van der Waals surface area contributed by atoms with Gasteiger partial charge in [0.15, 0.2) is 0 Å². The van der Waals surface area contributed by atoms with Crippen molar-refractivity contribution in [2.45, 2.75) is 19.3 Å². The monoisotopic (exact) mass is 620 g/mol. The Morgan fingerprint density at radius 2 is 1.30 bits per heavy atom. The Hall–Kier alpha value is -5.38. The summed E-state index contributed by atoms with van der Waals surface area (Å²) in [6.07, 6.45) is 0. The van der Waals surface area contributed by atoms with Gasteiger partial charge < -0.3 is 9.47 Å². The Labute approximate surface area is 277 Å². The topological polar surface area (TPSA) is 8.17 Å². The van der Waals surface area contributed by atoms with Gasteiger partial charge in [-0.15, -0.1) is 11.3 Å². The Morgan fingerprint density at radius 1 is 0.553 bits per heavy atom. The third-order valence-electron chi connectivity index (χ3n) is 10.3. The molecule has 0 unspecified atom stereocenters. The van der Waals surface area contributed by atoms with Crippen LogP contribution >= 0.6 is 11.3 Å². The minimum atomic E-state index is 0.0917. The number of thiophene rings is 1. The zero-order chi connectivity index (χ0) is 31.3. The van der Waals surface area contributed by atoms with Gasteiger partial charge in [-0.2, -0.15) is 0 Å². The highest BCUT2D eigenvalue weighted by molar-refractivity contribution is 7.26. The molecule has 3 heteroatoms. The average molecular weight is 621 g/mol. The molecule has 0 spiro atoms. The number of benzene rings is 7. The van der Waals surface area contributed by atoms with E-state index in [9.17, 15) is 0 Å². The molecule has 47 heavy (non-hydrogen) atoms. The van der Waals surface area contributed by atoms with Crippen molar-refractivity contribution in [2.24, 2.45) is 0 Å². The number of anilines is 2. The molecule has 1 aliphatic rings. The van der Waals surface area contributed by atoms with Gasteiger partial charge in [0.05, 0.1) is 11.0 Å². The Kier molecular flexibility index (Phi) is 5.59. The predicted octanol–water partition coefficient (Wildman–Crippen LogP) is 12.4. The highest BCUT2D eigenvalue weighted by Gasteiger charge is 2.36. The molecule has 0 saturated carbocycles. The lowest BCUT2D eigenvalue weighted by Crippen LogP contribution is -2.25. The van der Waals surface area contributed by atoms with Gasteiger partial charge in [-0.05, 0) is 64.5 Å². The molecule has 0 saturated heterocycles. The first-order valence-corrected chi connectivity index (χ1v) is 17.2. The van der Waals surface area contributed by atoms with E-state index >= 15 is 0 Å². The molecule has 0 atom stereocenters. The van der Waals surface area contributed by atoms with Crippen LogP contribution in [0.2, 0.25) is 0 Å². The summed E-state index contributed by atoms with van der Waals surface area (Å²) in [6, 6.07) is 53.9. The molecule has 1 aliphatic heterocycles. The Balaban J connectivity index is 1.16. The van der Waals surface area contributed by atoms with Crippen molar-refractivity contribution in [1.29, 1.82) is 0 Å². The minimum absolute atomic E-state index is 0.0917. The van der Waals surface area contributed by atoms with Crippen LogP contribution in [0.4, 0.5) is 11.4 Å². The van der Waals surface area contributed by atoms with Gasteiger partial charge in [-0.1, -0.05) is 117 Å². The highest BCUT2D eigenvalue weighted by Crippen LogP contribution is 2.48. The second-order valence-electron chi connectivity index (χ2n) is 13.5. The molecule has 0 aliphatic carbocycles. The van der Waals surface area contributed by atoms with Gasteiger partial charge in [-0.3, -0.25) is 0 Å². The molecule has 0 bridgehead atoms. The third kappa shape index (κ3) is 3.84. The first-order valence-electron chi connectivity index (χ1n) is 16.4. The van der Waals surface area contributed by atoms with Gasteiger partial charge in [-0.25, -0.2) is 0 Å². The van der Waals surface area contributed by atoms with Crippen molar-refractivity contribution in [3.63, 3.8) is 0 Å². The molecular weight excluding hydrogens is 589 g/mol. The van der Waals surface area contributed by atoms with Crippen molar-refractivity contribution >= 4 is 75.5 Å². The number of rotatable bonds is 3. The Morgan fingerprint density at radius 3 is 2.19 bits per heavy atom. The van der Waals surface area contributed by atoms with Crippen molar-refractivity contribution in [3.8, 4) is 16.8 Å². The first-order chi connectivity index (χ1) is 23.1. The van der Waals surface area contributed by atoms with Gasteiger partial charge in [0.2, 0.25) is 0 Å². The van der Waals surface area contributed by atoms with Gasteiger partial charge in [0.25, 0.3) is 0 Å². The van der Waals surface area contributed by atoms with E-state index in [0.717, 1.165) is 6.54 Å². The predicted molar refractivity (Wildman–Crippen MR) is 203 cm³/mol. The van der Waals surface area contributed by atoms with E-state index in [1.54, 1.807) is 0 Å². The zero-order valence-electron chi connectivity index (χ0n) is 26.4. The molecule has 2 nitrogen and oxygen atoms in total. The molecule has 0 fully saturated rings. The highest BCUT2D eigenvalue weighted by atomic mass is 32.1. The fourth-order valence-electron chi connectivity index (χ4n) is 8.16. The maximum Gasteiger partial charge on any atom is 0.0555 e. The number of aromatic nitrogens is 1. The summed E-state index contributed by atoms with van der Waals surface area (Å²) >= 11 is 1.91. The molecule has 2 aromatic heterocycles. The van der Waals surface area contributed by atoms with Crippen LogP contribution < -0.4 is 4.90 Å². The van der Waals surface area contributed by atoms with E-state index < -0.39 is 0 Å². The summed E-state index contributed by atoms with van der Waals surface area (Å²) in [6.45, 7) is 5.68. The molecule has 224 valence electrons. The average Bonchev–Trinajstić information content (AvgIpc) is 3.75. The minimum Gasteiger partial charge on any atom is -0.340 e. The Bertz CT molecular complexity index is 2710. The SMILES string of the molecule is CC1(C)CN(c2ccc(-c3cccc(-n4c5ccccc5c5c6sc7ccccc7c6ccc54)c3)c3ccccc23)c2ccccc21. The normalized spacial score (nSPS) is 14.2. The van der Waals surface area contributed by atoms with Gasteiger partial charge in [0.1, 0.15) is 0 Å². The van der Waals surface area contributed by atoms with Crippen LogP contribution in [0.25, 0.3) is 69.6 Å². The van der Waals surface area contributed by atoms with Crippen LogP contribution in [0.3, 0.4) is 0 Å². The van der Waals surface area contributed by atoms with Crippen LogP contribution in [0.1, 0.15) is 19.4 Å². The lowest BCUT2D eigenvalue weighted by molar-refractivity contribution is 0.569. The quantitative estimate of drug-likeness (QED) is 0.191. The van der Waals surface area contributed by atoms with Crippen LogP contribution in [-0.4, -0.2) is 11.1 Å². The second-order valence-corrected chi connectivity index (χ2v) is 14.6. The summed E-state index contributed by atoms with van der Waals surface area (Å²) in [7, 11) is 0. The van der Waals surface area contributed by atoms with Crippen molar-refractivity contribution < 1.29 is 0 Å². The summed E-state index contributed by atoms with van der Waals surface area (Å²) < 4.78 is 5.16. The van der Waals surface area contributed by atoms with E-state index in [1.165, 1.54) is 86.5 Å². The standard InChI is InChI=1S/C44H32N2S/c1-44(2)27-45(39-20-9-7-18-36(39)44)37-24-22-30(31-14-3-4-15-32(31)37)28-12-11-13-29(26-28)46-38-19-8-5-17-35(38)42-40(46)25-23-34-33-16-6-10-21-41(33)47-43(34)42/h3-26H,27H2,1-2H3. The first kappa shape index (κ1) is 26.8. The summed E-state index contributed by atoms with van der Waals surface area (Å²) in [5.41, 5.74) is 10.2. The van der Waals surface area contributed by atoms with Crippen LogP contribution in [0.15, 0.2) is 146 Å². The molecule has 0 amide bonds. The fraction of sp³-hybridized carbons (Fsp3) is 0.0909. The zero-order valence-corrected chi connectivity index (χ0v) is 27.2. The number of para-hydroxylation sites is 2. The van der Waals surface area contributed by atoms with E-state index in [0.29, 0.717) is 0 Å². The number of fused-ring (bicyclic) bond motifs is 9. The number of hydrogen-bond acceptors (Lipinski definition) is 2. The number of hydrogen-bond donors (Lipinski definition) is 0. The van der Waals surface area contributed by atoms with E-state index in [2.05, 4.69) is 169 Å². The fourth-order valence-corrected chi connectivity index (χ4v) is 9.42. The van der Waals surface area contributed by atoms with E-state index in [4.69, 9.17) is 0 Å². The molecule has 0 N–H and O–H groups in total. The van der Waals surface area contributed by atoms with Crippen molar-refractivity contribution in [3.05, 3.63) is 151 Å². The molecule has 10 rings (SSSR count). The van der Waals surface area contributed by atoms with Gasteiger partial charge in [0, 0.05) is 65.4 Å². The maximum absolute atomic E-state index is 2.52. The smallest absolute Gasteiger partial charge is 0.0555 e. The van der Waals surface area contributed by atoms with Crippen molar-refractivity contribution in [1.82, 2.24) is 4.57 Å². The molecule has 0 radical (unpaired) electrons. The molecular formula is C44H32N2S. The molecule has 7 aromatic carbocycles. The van der Waals surface area contributed by atoms with E-state index in [1.807, 2.05) is 11.3 Å². The van der Waals surface area contributed by atoms with Crippen molar-refractivity contribution in [2.75, 3.05) is 11.4 Å². The largest absolute Gasteiger partial charge is 0.340 e. The lowest BCUT2D eigenvalue weighted by Gasteiger charge is -2.25. The number of nitrogens with zero attached hydrogens (tertiary/aromatic N) is 2. The van der Waals surface area contributed by atoms with Crippen LogP contribution in [0.5, 0.6) is 0 Å². The third-order valence-corrected chi connectivity index (χ3v) is 11.5.